The van der Waals surface area contributed by atoms with Gasteiger partial charge in [0.25, 0.3) is 0 Å². The van der Waals surface area contributed by atoms with E-state index < -0.39 is 0 Å². The van der Waals surface area contributed by atoms with Crippen molar-refractivity contribution >= 4 is 17.2 Å². The number of amides is 1. The first kappa shape index (κ1) is 11.4. The van der Waals surface area contributed by atoms with Gasteiger partial charge in [0, 0.05) is 30.6 Å². The largest absolute Gasteiger partial charge is 0.337 e. The van der Waals surface area contributed by atoms with Crippen LogP contribution >= 0.6 is 11.3 Å². The Morgan fingerprint density at radius 3 is 2.81 bits per heavy atom. The monoisotopic (exact) mass is 236 g/mol. The predicted molar refractivity (Wildman–Crippen MR) is 66.4 cm³/mol. The number of nitrogens with zero attached hydrogens (tertiary/aromatic N) is 1. The van der Waals surface area contributed by atoms with E-state index in [9.17, 15) is 4.79 Å². The highest BCUT2D eigenvalue weighted by Gasteiger charge is 2.18. The number of hydrogen-bond donors (Lipinski definition) is 1. The minimum Gasteiger partial charge on any atom is -0.337 e. The third kappa shape index (κ3) is 2.33. The van der Waals surface area contributed by atoms with E-state index in [0.29, 0.717) is 6.54 Å². The van der Waals surface area contributed by atoms with Crippen molar-refractivity contribution in [3.8, 4) is 0 Å². The van der Waals surface area contributed by atoms with E-state index in [2.05, 4.69) is 11.4 Å². The molecule has 1 aliphatic heterocycles. The topological polar surface area (TPSA) is 32.3 Å². The second-order valence-electron chi connectivity index (χ2n) is 4.07. The number of carbonyl (C=O) groups excluding carboxylic acids is 1. The molecule has 2 heterocycles. The molecule has 0 spiro atoms. The lowest BCUT2D eigenvalue weighted by molar-refractivity contribution is -0.126. The molecule has 1 saturated heterocycles. The van der Waals surface area contributed by atoms with Gasteiger partial charge in [-0.05, 0) is 23.9 Å². The van der Waals surface area contributed by atoms with Crippen molar-refractivity contribution in [2.45, 2.75) is 13.5 Å². The normalized spacial score (nSPS) is 14.5. The van der Waals surface area contributed by atoms with E-state index in [-0.39, 0.29) is 5.91 Å². The van der Waals surface area contributed by atoms with Crippen LogP contribution in [0.5, 0.6) is 0 Å². The van der Waals surface area contributed by atoms with Gasteiger partial charge in [0.05, 0.1) is 6.54 Å². The van der Waals surface area contributed by atoms with Gasteiger partial charge in [0.1, 0.15) is 0 Å². The molecule has 16 heavy (non-hydrogen) atoms. The van der Waals surface area contributed by atoms with Crippen molar-refractivity contribution in [1.82, 2.24) is 10.2 Å². The summed E-state index contributed by atoms with van der Waals surface area (Å²) in [7, 11) is 1.86. The average molecular weight is 236 g/mol. The van der Waals surface area contributed by atoms with Crippen LogP contribution in [0.1, 0.15) is 11.8 Å². The average Bonchev–Trinajstić information content (AvgIpc) is 2.66. The molecule has 0 bridgehead atoms. The van der Waals surface area contributed by atoms with Crippen LogP contribution in [0.2, 0.25) is 0 Å². The Labute approximate surface area is 99.8 Å². The van der Waals surface area contributed by atoms with Crippen LogP contribution in [0.3, 0.4) is 0 Å². The molecule has 1 N–H and O–H groups in total. The van der Waals surface area contributed by atoms with Crippen molar-refractivity contribution in [3.05, 3.63) is 33.5 Å². The van der Waals surface area contributed by atoms with E-state index >= 15 is 0 Å². The molecule has 1 fully saturated rings. The molecule has 0 aromatic carbocycles. The van der Waals surface area contributed by atoms with Crippen LogP contribution in [0.4, 0.5) is 0 Å². The van der Waals surface area contributed by atoms with Crippen molar-refractivity contribution in [3.63, 3.8) is 0 Å². The van der Waals surface area contributed by atoms with Crippen molar-refractivity contribution in [1.29, 1.82) is 0 Å². The Morgan fingerprint density at radius 1 is 1.56 bits per heavy atom. The van der Waals surface area contributed by atoms with Gasteiger partial charge in [0.15, 0.2) is 0 Å². The maximum atomic E-state index is 12.0. The van der Waals surface area contributed by atoms with Crippen molar-refractivity contribution < 1.29 is 4.79 Å². The zero-order valence-electron chi connectivity index (χ0n) is 9.62. The van der Waals surface area contributed by atoms with Crippen LogP contribution in [0.15, 0.2) is 28.7 Å². The Hall–Kier alpha value is -1.13. The molecule has 0 saturated carbocycles. The lowest BCUT2D eigenvalue weighted by Gasteiger charge is -2.24. The molecule has 1 aromatic heterocycles. The van der Waals surface area contributed by atoms with Crippen LogP contribution < -0.4 is 5.32 Å². The highest BCUT2D eigenvalue weighted by Crippen LogP contribution is 2.15. The number of thiophene rings is 1. The number of carbonyl (C=O) groups is 1. The standard InChI is InChI=1S/C12H16N2OS/c1-9(10-6-13-7-10)12(15)14(2)8-11-4-3-5-16-11/h3-5,13H,6-8H2,1-2H3. The number of rotatable bonds is 3. The zero-order valence-corrected chi connectivity index (χ0v) is 10.4. The Balaban J connectivity index is 1.99. The number of nitrogens with one attached hydrogen (secondary N) is 1. The van der Waals surface area contributed by atoms with Gasteiger partial charge >= 0.3 is 0 Å². The van der Waals surface area contributed by atoms with Crippen molar-refractivity contribution in [2.75, 3.05) is 20.1 Å². The highest BCUT2D eigenvalue weighted by atomic mass is 32.1. The van der Waals surface area contributed by atoms with E-state index in [0.717, 1.165) is 18.7 Å². The molecular weight excluding hydrogens is 220 g/mol. The first-order valence-corrected chi connectivity index (χ1v) is 6.23. The smallest absolute Gasteiger partial charge is 0.249 e. The van der Waals surface area contributed by atoms with Gasteiger partial charge in [0.2, 0.25) is 5.91 Å². The quantitative estimate of drug-likeness (QED) is 0.809. The molecule has 0 unspecified atom stereocenters. The summed E-state index contributed by atoms with van der Waals surface area (Å²) in [5, 5.41) is 5.19. The minimum absolute atomic E-state index is 0.143. The fraction of sp³-hybridized carbons (Fsp3) is 0.417. The van der Waals surface area contributed by atoms with Crippen LogP contribution in [0, 0.1) is 0 Å². The second-order valence-corrected chi connectivity index (χ2v) is 5.10. The van der Waals surface area contributed by atoms with Gasteiger partial charge in [-0.25, -0.2) is 0 Å². The molecule has 1 amide bonds. The summed E-state index contributed by atoms with van der Waals surface area (Å²) in [6, 6.07) is 4.07. The number of likely N-dealkylation sites (N-methyl/N-ethyl adjacent to an activating group) is 1. The molecule has 2 rings (SSSR count). The highest BCUT2D eigenvalue weighted by molar-refractivity contribution is 7.09. The zero-order chi connectivity index (χ0) is 11.5. The second kappa shape index (κ2) is 4.80. The maximum Gasteiger partial charge on any atom is 0.249 e. The van der Waals surface area contributed by atoms with Gasteiger partial charge in [-0.2, -0.15) is 0 Å². The Kier molecular flexibility index (Phi) is 3.41. The summed E-state index contributed by atoms with van der Waals surface area (Å²) in [5.41, 5.74) is 2.14. The summed E-state index contributed by atoms with van der Waals surface area (Å²) >= 11 is 1.69. The molecule has 0 aliphatic carbocycles. The summed E-state index contributed by atoms with van der Waals surface area (Å²) in [4.78, 5) is 15.1. The maximum absolute atomic E-state index is 12.0. The van der Waals surface area contributed by atoms with Gasteiger partial charge in [-0.3, -0.25) is 4.79 Å². The number of hydrogen-bond acceptors (Lipinski definition) is 3. The molecule has 86 valence electrons. The van der Waals surface area contributed by atoms with E-state index in [1.54, 1.807) is 16.2 Å². The van der Waals surface area contributed by atoms with Crippen LogP contribution in [-0.2, 0) is 11.3 Å². The summed E-state index contributed by atoms with van der Waals surface area (Å²) in [6.45, 7) is 4.35. The molecular formula is C12H16N2OS. The molecule has 0 atom stereocenters. The van der Waals surface area contributed by atoms with Gasteiger partial charge in [-0.15, -0.1) is 11.3 Å². The summed E-state index contributed by atoms with van der Waals surface area (Å²) in [6.07, 6.45) is 0. The molecule has 4 heteroatoms. The van der Waals surface area contributed by atoms with Crippen molar-refractivity contribution in [2.24, 2.45) is 0 Å². The van der Waals surface area contributed by atoms with Crippen LogP contribution in [-0.4, -0.2) is 30.9 Å². The summed E-state index contributed by atoms with van der Waals surface area (Å²) in [5.74, 6) is 0.143. The summed E-state index contributed by atoms with van der Waals surface area (Å²) < 4.78 is 0. The lowest BCUT2D eigenvalue weighted by Crippen LogP contribution is -2.38. The lowest BCUT2D eigenvalue weighted by atomic mass is 10.0. The molecule has 1 aromatic rings. The molecule has 3 nitrogen and oxygen atoms in total. The Morgan fingerprint density at radius 2 is 2.31 bits per heavy atom. The third-order valence-electron chi connectivity index (χ3n) is 2.85. The minimum atomic E-state index is 0.143. The van der Waals surface area contributed by atoms with E-state index in [1.165, 1.54) is 10.5 Å². The third-order valence-corrected chi connectivity index (χ3v) is 3.71. The van der Waals surface area contributed by atoms with E-state index in [4.69, 9.17) is 0 Å². The molecule has 1 aliphatic rings. The first-order valence-electron chi connectivity index (χ1n) is 5.35. The first-order chi connectivity index (χ1) is 7.68. The van der Waals surface area contributed by atoms with Gasteiger partial charge in [-0.1, -0.05) is 6.07 Å². The van der Waals surface area contributed by atoms with Crippen LogP contribution in [0.25, 0.3) is 0 Å². The fourth-order valence-electron chi connectivity index (χ4n) is 1.66. The predicted octanol–water partition coefficient (Wildman–Crippen LogP) is 1.63. The fourth-order valence-corrected chi connectivity index (χ4v) is 2.42. The SMILES string of the molecule is CC(C(=O)N(C)Cc1cccs1)=C1CNC1. The van der Waals surface area contributed by atoms with Gasteiger partial charge < -0.3 is 10.2 Å². The van der Waals surface area contributed by atoms with E-state index in [1.807, 2.05) is 25.4 Å². The molecule has 0 radical (unpaired) electrons. The Bertz CT molecular complexity index is 403.